The summed E-state index contributed by atoms with van der Waals surface area (Å²) in [4.78, 5) is 0. The molecule has 0 spiro atoms. The standard InChI is InChI=1S/C8H14O/c1-7-3-4-9-8(2,5-7)6-7/h3-6H2,1-2H3. The summed E-state index contributed by atoms with van der Waals surface area (Å²) in [5.74, 6) is 0. The molecular formula is C8H14O. The molecule has 1 nitrogen and oxygen atoms in total. The first-order valence-corrected chi connectivity index (χ1v) is 3.76. The number of rotatable bonds is 0. The van der Waals surface area contributed by atoms with Crippen molar-refractivity contribution < 1.29 is 4.74 Å². The fourth-order valence-corrected chi connectivity index (χ4v) is 2.58. The molecular weight excluding hydrogens is 112 g/mol. The molecule has 2 bridgehead atoms. The highest BCUT2D eigenvalue weighted by atomic mass is 16.5. The van der Waals surface area contributed by atoms with E-state index in [2.05, 4.69) is 13.8 Å². The molecule has 9 heavy (non-hydrogen) atoms. The van der Waals surface area contributed by atoms with Crippen LogP contribution in [0.4, 0.5) is 0 Å². The maximum absolute atomic E-state index is 5.60. The van der Waals surface area contributed by atoms with Crippen molar-refractivity contribution >= 4 is 0 Å². The molecule has 0 aromatic carbocycles. The number of fused-ring (bicyclic) bond motifs is 2. The Morgan fingerprint density at radius 1 is 1.22 bits per heavy atom. The van der Waals surface area contributed by atoms with Gasteiger partial charge in [-0.15, -0.1) is 0 Å². The van der Waals surface area contributed by atoms with Gasteiger partial charge in [-0.25, -0.2) is 0 Å². The summed E-state index contributed by atoms with van der Waals surface area (Å²) >= 11 is 0. The Balaban J connectivity index is 2.12. The van der Waals surface area contributed by atoms with Crippen molar-refractivity contribution in [1.82, 2.24) is 0 Å². The van der Waals surface area contributed by atoms with E-state index in [1.807, 2.05) is 0 Å². The molecule has 0 atom stereocenters. The smallest absolute Gasteiger partial charge is 0.0665 e. The van der Waals surface area contributed by atoms with Crippen molar-refractivity contribution in [3.63, 3.8) is 0 Å². The Morgan fingerprint density at radius 2 is 1.89 bits per heavy atom. The molecule has 3 fully saturated rings. The predicted octanol–water partition coefficient (Wildman–Crippen LogP) is 1.97. The molecule has 0 radical (unpaired) electrons. The first-order chi connectivity index (χ1) is 4.12. The van der Waals surface area contributed by atoms with Gasteiger partial charge in [-0.05, 0) is 31.6 Å². The maximum Gasteiger partial charge on any atom is 0.0665 e. The Morgan fingerprint density at radius 3 is 2.22 bits per heavy atom. The third kappa shape index (κ3) is 0.710. The highest BCUT2D eigenvalue weighted by Gasteiger charge is 2.52. The van der Waals surface area contributed by atoms with Gasteiger partial charge >= 0.3 is 0 Å². The highest BCUT2D eigenvalue weighted by molar-refractivity contribution is 5.03. The summed E-state index contributed by atoms with van der Waals surface area (Å²) in [7, 11) is 0. The van der Waals surface area contributed by atoms with Gasteiger partial charge in [0.25, 0.3) is 0 Å². The third-order valence-corrected chi connectivity index (χ3v) is 2.76. The summed E-state index contributed by atoms with van der Waals surface area (Å²) in [6.07, 6.45) is 3.86. The average molecular weight is 126 g/mol. The molecule has 2 saturated heterocycles. The van der Waals surface area contributed by atoms with Gasteiger partial charge in [-0.2, -0.15) is 0 Å². The molecule has 0 aromatic heterocycles. The first kappa shape index (κ1) is 5.72. The molecule has 1 heteroatoms. The summed E-state index contributed by atoms with van der Waals surface area (Å²) in [5.41, 5.74) is 0.944. The zero-order valence-electron chi connectivity index (χ0n) is 6.24. The summed E-state index contributed by atoms with van der Waals surface area (Å²) in [6, 6.07) is 0. The van der Waals surface area contributed by atoms with Crippen LogP contribution in [0.2, 0.25) is 0 Å². The van der Waals surface area contributed by atoms with Gasteiger partial charge in [0.05, 0.1) is 5.60 Å². The lowest BCUT2D eigenvalue weighted by Crippen LogP contribution is -2.55. The molecule has 0 aromatic rings. The molecule has 0 amide bonds. The van der Waals surface area contributed by atoms with Gasteiger partial charge in [0.1, 0.15) is 0 Å². The van der Waals surface area contributed by atoms with E-state index in [1.165, 1.54) is 19.3 Å². The van der Waals surface area contributed by atoms with Crippen molar-refractivity contribution in [2.45, 2.75) is 38.7 Å². The van der Waals surface area contributed by atoms with E-state index in [0.29, 0.717) is 5.41 Å². The fraction of sp³-hybridized carbons (Fsp3) is 1.00. The van der Waals surface area contributed by atoms with Gasteiger partial charge in [0.2, 0.25) is 0 Å². The lowest BCUT2D eigenvalue weighted by atomic mass is 9.58. The molecule has 3 rings (SSSR count). The van der Waals surface area contributed by atoms with E-state index >= 15 is 0 Å². The van der Waals surface area contributed by atoms with Gasteiger partial charge in [-0.3, -0.25) is 0 Å². The van der Waals surface area contributed by atoms with Crippen LogP contribution in [0.1, 0.15) is 33.1 Å². The van der Waals surface area contributed by atoms with Crippen molar-refractivity contribution in [2.24, 2.45) is 5.41 Å². The highest BCUT2D eigenvalue weighted by Crippen LogP contribution is 2.55. The van der Waals surface area contributed by atoms with Gasteiger partial charge < -0.3 is 4.74 Å². The van der Waals surface area contributed by atoms with Crippen molar-refractivity contribution in [1.29, 1.82) is 0 Å². The second-order valence-electron chi connectivity index (χ2n) is 4.21. The Hall–Kier alpha value is -0.0400. The van der Waals surface area contributed by atoms with E-state index in [-0.39, 0.29) is 5.60 Å². The van der Waals surface area contributed by atoms with E-state index in [1.54, 1.807) is 0 Å². The minimum absolute atomic E-state index is 0.285. The zero-order valence-corrected chi connectivity index (χ0v) is 6.24. The van der Waals surface area contributed by atoms with E-state index < -0.39 is 0 Å². The lowest BCUT2D eigenvalue weighted by Gasteiger charge is -2.57. The minimum atomic E-state index is 0.285. The lowest BCUT2D eigenvalue weighted by molar-refractivity contribution is -0.207. The molecule has 1 saturated carbocycles. The Labute approximate surface area is 56.4 Å². The number of hydrogen-bond acceptors (Lipinski definition) is 1. The summed E-state index contributed by atoms with van der Waals surface area (Å²) in [6.45, 7) is 5.60. The van der Waals surface area contributed by atoms with Crippen LogP contribution in [0.3, 0.4) is 0 Å². The van der Waals surface area contributed by atoms with Crippen LogP contribution in [0.15, 0.2) is 0 Å². The number of ether oxygens (including phenoxy) is 1. The summed E-state index contributed by atoms with van der Waals surface area (Å²) in [5, 5.41) is 0. The predicted molar refractivity (Wildman–Crippen MR) is 36.3 cm³/mol. The van der Waals surface area contributed by atoms with Crippen LogP contribution in [0, 0.1) is 5.41 Å². The second-order valence-corrected chi connectivity index (χ2v) is 4.21. The molecule has 3 aliphatic rings. The van der Waals surface area contributed by atoms with E-state index in [0.717, 1.165) is 6.61 Å². The molecule has 0 unspecified atom stereocenters. The molecule has 2 heterocycles. The Bertz CT molecular complexity index is 120. The molecule has 0 N–H and O–H groups in total. The van der Waals surface area contributed by atoms with E-state index in [9.17, 15) is 0 Å². The normalized spacial score (nSPS) is 56.7. The quantitative estimate of drug-likeness (QED) is 0.482. The van der Waals surface area contributed by atoms with Crippen LogP contribution in [0.25, 0.3) is 0 Å². The largest absolute Gasteiger partial charge is 0.375 e. The molecule has 52 valence electrons. The van der Waals surface area contributed by atoms with Crippen molar-refractivity contribution in [2.75, 3.05) is 6.61 Å². The average Bonchev–Trinajstić information content (AvgIpc) is 1.59. The van der Waals surface area contributed by atoms with Gasteiger partial charge in [-0.1, -0.05) is 6.92 Å². The van der Waals surface area contributed by atoms with Crippen LogP contribution in [0.5, 0.6) is 0 Å². The first-order valence-electron chi connectivity index (χ1n) is 3.76. The van der Waals surface area contributed by atoms with Gasteiger partial charge in [0, 0.05) is 6.61 Å². The van der Waals surface area contributed by atoms with Crippen LogP contribution in [-0.2, 0) is 4.74 Å². The SMILES string of the molecule is CC12CCOC(C)(C1)C2. The second kappa shape index (κ2) is 1.34. The monoisotopic (exact) mass is 126 g/mol. The van der Waals surface area contributed by atoms with E-state index in [4.69, 9.17) is 4.74 Å². The summed E-state index contributed by atoms with van der Waals surface area (Å²) < 4.78 is 5.60. The van der Waals surface area contributed by atoms with Crippen LogP contribution < -0.4 is 0 Å². The Kier molecular flexibility index (Phi) is 0.852. The minimum Gasteiger partial charge on any atom is -0.375 e. The number of hydrogen-bond donors (Lipinski definition) is 0. The fourth-order valence-electron chi connectivity index (χ4n) is 2.58. The molecule has 2 aliphatic heterocycles. The molecule has 1 aliphatic carbocycles. The van der Waals surface area contributed by atoms with Crippen molar-refractivity contribution in [3.05, 3.63) is 0 Å². The zero-order chi connectivity index (χ0) is 6.54. The van der Waals surface area contributed by atoms with Crippen LogP contribution in [-0.4, -0.2) is 12.2 Å². The third-order valence-electron chi connectivity index (χ3n) is 2.76. The topological polar surface area (TPSA) is 9.23 Å². The maximum atomic E-state index is 5.60. The van der Waals surface area contributed by atoms with Crippen LogP contribution >= 0.6 is 0 Å². The van der Waals surface area contributed by atoms with Gasteiger partial charge in [0.15, 0.2) is 0 Å². The van der Waals surface area contributed by atoms with Crippen molar-refractivity contribution in [3.8, 4) is 0 Å².